The molecule has 7 nitrogen and oxygen atoms in total. The average molecular weight is 275 g/mol. The minimum absolute atomic E-state index is 0.0546. The molecule has 0 aliphatic heterocycles. The molecule has 2 aromatic rings. The van der Waals surface area contributed by atoms with Gasteiger partial charge in [-0.25, -0.2) is 4.98 Å². The molecule has 2 rings (SSSR count). The number of benzene rings is 1. The molecule has 0 spiro atoms. The molecule has 1 aromatic heterocycles. The van der Waals surface area contributed by atoms with E-state index in [1.54, 1.807) is 12.1 Å². The fourth-order valence-electron chi connectivity index (χ4n) is 1.61. The molecule has 0 aliphatic rings. The maximum absolute atomic E-state index is 11.5. The first kappa shape index (κ1) is 14.2. The number of hydrogen-bond donors (Lipinski definition) is 3. The Balaban J connectivity index is 2.00. The van der Waals surface area contributed by atoms with Crippen LogP contribution in [0.5, 0.6) is 0 Å². The number of H-pyrrole nitrogens is 1. The Labute approximate surface area is 116 Å². The fraction of sp³-hybridized carbons (Fsp3) is 0.308. The number of rotatable bonds is 6. The van der Waals surface area contributed by atoms with Crippen LogP contribution in [-0.4, -0.2) is 34.3 Å². The monoisotopic (exact) mass is 275 g/mol. The number of nitrogens with two attached hydrogens (primary N) is 1. The number of ether oxygens (including phenoxy) is 1. The third kappa shape index (κ3) is 3.62. The van der Waals surface area contributed by atoms with Gasteiger partial charge < -0.3 is 15.8 Å². The number of anilines is 1. The van der Waals surface area contributed by atoms with Crippen LogP contribution in [0.3, 0.4) is 0 Å². The van der Waals surface area contributed by atoms with E-state index in [4.69, 9.17) is 10.5 Å². The van der Waals surface area contributed by atoms with E-state index in [0.29, 0.717) is 30.5 Å². The van der Waals surface area contributed by atoms with Gasteiger partial charge in [-0.2, -0.15) is 5.10 Å². The summed E-state index contributed by atoms with van der Waals surface area (Å²) in [4.78, 5) is 15.7. The number of aromatic nitrogens is 3. The van der Waals surface area contributed by atoms with Crippen LogP contribution in [0, 0.1) is 0 Å². The molecule has 0 atom stereocenters. The highest BCUT2D eigenvalue weighted by atomic mass is 16.5. The minimum atomic E-state index is -0.178. The van der Waals surface area contributed by atoms with Gasteiger partial charge in [0.25, 0.3) is 0 Å². The van der Waals surface area contributed by atoms with Crippen LogP contribution in [0.2, 0.25) is 0 Å². The molecule has 0 unspecified atom stereocenters. The second-order valence-corrected chi connectivity index (χ2v) is 4.07. The number of aromatic amines is 1. The summed E-state index contributed by atoms with van der Waals surface area (Å²) < 4.78 is 5.03. The van der Waals surface area contributed by atoms with Crippen LogP contribution in [0.25, 0.3) is 11.4 Å². The highest BCUT2D eigenvalue weighted by Crippen LogP contribution is 2.17. The molecule has 0 bridgehead atoms. The Morgan fingerprint density at radius 1 is 1.40 bits per heavy atom. The van der Waals surface area contributed by atoms with Crippen LogP contribution >= 0.6 is 0 Å². The average Bonchev–Trinajstić information content (AvgIpc) is 2.95. The van der Waals surface area contributed by atoms with E-state index in [1.807, 2.05) is 19.1 Å². The van der Waals surface area contributed by atoms with E-state index in [0.717, 1.165) is 5.56 Å². The molecule has 4 N–H and O–H groups in total. The first-order valence-corrected chi connectivity index (χ1v) is 6.32. The van der Waals surface area contributed by atoms with Gasteiger partial charge in [0.2, 0.25) is 5.91 Å². The Morgan fingerprint density at radius 2 is 2.15 bits per heavy atom. The summed E-state index contributed by atoms with van der Waals surface area (Å²) >= 11 is 0. The van der Waals surface area contributed by atoms with Gasteiger partial charge in [0.15, 0.2) is 5.82 Å². The van der Waals surface area contributed by atoms with Gasteiger partial charge in [-0.1, -0.05) is 0 Å². The molecule has 0 saturated heterocycles. The van der Waals surface area contributed by atoms with Crippen molar-refractivity contribution >= 4 is 11.6 Å². The topological polar surface area (TPSA) is 106 Å². The molecule has 1 heterocycles. The summed E-state index contributed by atoms with van der Waals surface area (Å²) in [5.74, 6) is 1.04. The number of nitrogens with one attached hydrogen (secondary N) is 2. The standard InChI is InChI=1S/C13H17N5O2/c1-2-20-8-12(19)15-10-5-3-9(4-6-10)13-16-11(7-14)17-18-13/h3-6H,2,7-8,14H2,1H3,(H,15,19)(H,16,17,18). The zero-order valence-corrected chi connectivity index (χ0v) is 11.2. The first-order chi connectivity index (χ1) is 9.72. The largest absolute Gasteiger partial charge is 0.372 e. The van der Waals surface area contributed by atoms with Crippen molar-refractivity contribution in [2.75, 3.05) is 18.5 Å². The third-order valence-corrected chi connectivity index (χ3v) is 2.59. The normalized spacial score (nSPS) is 10.5. The molecule has 0 saturated carbocycles. The quantitative estimate of drug-likeness (QED) is 0.726. The van der Waals surface area contributed by atoms with Crippen molar-refractivity contribution in [3.05, 3.63) is 30.1 Å². The Bertz CT molecular complexity index is 564. The smallest absolute Gasteiger partial charge is 0.250 e. The summed E-state index contributed by atoms with van der Waals surface area (Å²) in [7, 11) is 0. The molecule has 0 fully saturated rings. The number of amides is 1. The van der Waals surface area contributed by atoms with Crippen molar-refractivity contribution < 1.29 is 9.53 Å². The number of carbonyl (C=O) groups excluding carboxylic acids is 1. The van der Waals surface area contributed by atoms with Gasteiger partial charge in [0.1, 0.15) is 12.4 Å². The number of nitrogens with zero attached hydrogens (tertiary/aromatic N) is 2. The van der Waals surface area contributed by atoms with Crippen LogP contribution in [0.4, 0.5) is 5.69 Å². The Kier molecular flexibility index (Phi) is 4.80. The molecule has 0 aliphatic carbocycles. The van der Waals surface area contributed by atoms with Crippen LogP contribution in [0.15, 0.2) is 24.3 Å². The molecule has 20 heavy (non-hydrogen) atoms. The maximum atomic E-state index is 11.5. The van der Waals surface area contributed by atoms with Crippen LogP contribution in [0.1, 0.15) is 12.7 Å². The van der Waals surface area contributed by atoms with Crippen molar-refractivity contribution in [2.24, 2.45) is 5.73 Å². The van der Waals surface area contributed by atoms with Gasteiger partial charge in [-0.15, -0.1) is 0 Å². The second kappa shape index (κ2) is 6.78. The van der Waals surface area contributed by atoms with E-state index in [2.05, 4.69) is 20.5 Å². The predicted molar refractivity (Wildman–Crippen MR) is 74.8 cm³/mol. The van der Waals surface area contributed by atoms with E-state index >= 15 is 0 Å². The maximum Gasteiger partial charge on any atom is 0.250 e. The molecular formula is C13H17N5O2. The second-order valence-electron chi connectivity index (χ2n) is 4.07. The summed E-state index contributed by atoms with van der Waals surface area (Å²) in [5.41, 5.74) is 7.02. The fourth-order valence-corrected chi connectivity index (χ4v) is 1.61. The van der Waals surface area contributed by atoms with Gasteiger partial charge in [-0.05, 0) is 31.2 Å². The lowest BCUT2D eigenvalue weighted by molar-refractivity contribution is -0.120. The van der Waals surface area contributed by atoms with Crippen LogP contribution in [-0.2, 0) is 16.1 Å². The van der Waals surface area contributed by atoms with Crippen molar-refractivity contribution in [1.82, 2.24) is 15.2 Å². The Morgan fingerprint density at radius 3 is 2.75 bits per heavy atom. The molecule has 1 amide bonds. The zero-order valence-electron chi connectivity index (χ0n) is 11.2. The van der Waals surface area contributed by atoms with E-state index in [-0.39, 0.29) is 12.5 Å². The van der Waals surface area contributed by atoms with Crippen molar-refractivity contribution in [3.8, 4) is 11.4 Å². The number of hydrogen-bond acceptors (Lipinski definition) is 5. The van der Waals surface area contributed by atoms with E-state index in [1.165, 1.54) is 0 Å². The Hall–Kier alpha value is -2.25. The highest BCUT2D eigenvalue weighted by molar-refractivity contribution is 5.91. The molecule has 0 radical (unpaired) electrons. The lowest BCUT2D eigenvalue weighted by Gasteiger charge is -2.05. The van der Waals surface area contributed by atoms with E-state index in [9.17, 15) is 4.79 Å². The summed E-state index contributed by atoms with van der Waals surface area (Å²) in [6, 6.07) is 7.24. The summed E-state index contributed by atoms with van der Waals surface area (Å²) in [6.07, 6.45) is 0. The van der Waals surface area contributed by atoms with Gasteiger partial charge >= 0.3 is 0 Å². The highest BCUT2D eigenvalue weighted by Gasteiger charge is 2.06. The SMILES string of the molecule is CCOCC(=O)Nc1ccc(-c2n[nH]c(CN)n2)cc1. The summed E-state index contributed by atoms with van der Waals surface area (Å²) in [5, 5.41) is 9.56. The molecule has 106 valence electrons. The lowest BCUT2D eigenvalue weighted by atomic mass is 10.2. The predicted octanol–water partition coefficient (Wildman–Crippen LogP) is 0.905. The van der Waals surface area contributed by atoms with Gasteiger partial charge in [0, 0.05) is 17.9 Å². The van der Waals surface area contributed by atoms with Crippen molar-refractivity contribution in [3.63, 3.8) is 0 Å². The van der Waals surface area contributed by atoms with Crippen molar-refractivity contribution in [1.29, 1.82) is 0 Å². The lowest BCUT2D eigenvalue weighted by Crippen LogP contribution is -2.18. The summed E-state index contributed by atoms with van der Waals surface area (Å²) in [6.45, 7) is 2.73. The third-order valence-electron chi connectivity index (χ3n) is 2.59. The molecular weight excluding hydrogens is 258 g/mol. The zero-order chi connectivity index (χ0) is 14.4. The van der Waals surface area contributed by atoms with Gasteiger partial charge in [-0.3, -0.25) is 9.89 Å². The van der Waals surface area contributed by atoms with Crippen molar-refractivity contribution in [2.45, 2.75) is 13.5 Å². The number of carbonyl (C=O) groups is 1. The van der Waals surface area contributed by atoms with E-state index < -0.39 is 0 Å². The van der Waals surface area contributed by atoms with Crippen LogP contribution < -0.4 is 11.1 Å². The first-order valence-electron chi connectivity index (χ1n) is 6.32. The molecule has 7 heteroatoms. The molecule has 1 aromatic carbocycles. The minimum Gasteiger partial charge on any atom is -0.372 e. The van der Waals surface area contributed by atoms with Gasteiger partial charge in [0.05, 0.1) is 6.54 Å².